The summed E-state index contributed by atoms with van der Waals surface area (Å²) in [6.07, 6.45) is 0. The molecular weight excluding hydrogens is 321 g/mol. The summed E-state index contributed by atoms with van der Waals surface area (Å²) < 4.78 is 10.5. The van der Waals surface area contributed by atoms with Crippen molar-refractivity contribution in [3.8, 4) is 11.5 Å². The Morgan fingerprint density at radius 2 is 1.11 bits per heavy atom. The van der Waals surface area contributed by atoms with Gasteiger partial charge in [-0.15, -0.1) is 0 Å². The number of hydrogen-bond donors (Lipinski definition) is 1. The van der Waals surface area contributed by atoms with Gasteiger partial charge < -0.3 is 13.9 Å². The molecule has 0 radical (unpaired) electrons. The first kappa shape index (κ1) is 15.3. The van der Waals surface area contributed by atoms with Crippen LogP contribution in [0.15, 0.2) is 60.7 Å². The monoisotopic (exact) mass is 330 g/mol. The summed E-state index contributed by atoms with van der Waals surface area (Å²) in [7, 11) is 0. The van der Waals surface area contributed by atoms with E-state index in [9.17, 15) is 4.89 Å². The predicted octanol–water partition coefficient (Wildman–Crippen LogP) is 3.36. The summed E-state index contributed by atoms with van der Waals surface area (Å²) in [5.74, 6) is 0.989. The van der Waals surface area contributed by atoms with E-state index >= 15 is 0 Å². The van der Waals surface area contributed by atoms with Crippen molar-refractivity contribution in [3.05, 3.63) is 60.7 Å². The van der Waals surface area contributed by atoms with Gasteiger partial charge in [0.15, 0.2) is 0 Å². The van der Waals surface area contributed by atoms with Crippen LogP contribution in [-0.2, 0) is 31.3 Å². The van der Waals surface area contributed by atoms with Crippen LogP contribution >= 0.6 is 6.72 Å². The van der Waals surface area contributed by atoms with Crippen LogP contribution in [0.4, 0.5) is 0 Å². The minimum atomic E-state index is -3.30. The van der Waals surface area contributed by atoms with Crippen molar-refractivity contribution >= 4 is 18.5 Å². The molecule has 0 heterocycles. The Morgan fingerprint density at radius 1 is 0.778 bits per heavy atom. The van der Waals surface area contributed by atoms with Crippen molar-refractivity contribution in [3.63, 3.8) is 0 Å². The van der Waals surface area contributed by atoms with Crippen LogP contribution in [0.1, 0.15) is 0 Å². The molecular formula is C12H11O3PSZn. The van der Waals surface area contributed by atoms with Gasteiger partial charge in [0, 0.05) is 31.3 Å². The van der Waals surface area contributed by atoms with Gasteiger partial charge in [-0.3, -0.25) is 0 Å². The molecule has 0 fully saturated rings. The van der Waals surface area contributed by atoms with Crippen LogP contribution in [-0.4, -0.2) is 4.89 Å². The number of rotatable bonds is 4. The smallest absolute Gasteiger partial charge is 0.416 e. The van der Waals surface area contributed by atoms with Crippen LogP contribution in [0.25, 0.3) is 0 Å². The average molecular weight is 332 g/mol. The first-order chi connectivity index (χ1) is 8.16. The Hall–Kier alpha value is -0.727. The van der Waals surface area contributed by atoms with Gasteiger partial charge in [-0.2, -0.15) is 0 Å². The minimum Gasteiger partial charge on any atom is -0.416 e. The fraction of sp³-hybridized carbons (Fsp3) is 0. The standard InChI is InChI=1S/C12H11O3PS.Zn/c13-16(17,14-11-7-3-1-4-8-11)15-12-9-5-2-6-10-12;/h1-10H,(H,13,17);. The zero-order chi connectivity index (χ0) is 12.1. The maximum atomic E-state index is 9.90. The third-order valence-electron chi connectivity index (χ3n) is 1.93. The zero-order valence-corrected chi connectivity index (χ0v) is 14.3. The van der Waals surface area contributed by atoms with E-state index in [0.717, 1.165) is 0 Å². The summed E-state index contributed by atoms with van der Waals surface area (Å²) in [4.78, 5) is 9.90. The molecule has 2 rings (SSSR count). The second-order valence-electron chi connectivity index (χ2n) is 3.28. The van der Waals surface area contributed by atoms with E-state index in [2.05, 4.69) is 0 Å². The van der Waals surface area contributed by atoms with E-state index in [1.807, 2.05) is 12.1 Å². The molecule has 0 aromatic heterocycles. The van der Waals surface area contributed by atoms with Gasteiger partial charge in [0.1, 0.15) is 11.5 Å². The SMILES string of the molecule is OP(=S)(Oc1ccccc1)Oc1ccccc1.[Zn]. The molecule has 0 spiro atoms. The first-order valence-electron chi connectivity index (χ1n) is 4.98. The van der Waals surface area contributed by atoms with Gasteiger partial charge in [0.25, 0.3) is 0 Å². The molecule has 0 bridgehead atoms. The first-order valence-corrected chi connectivity index (χ1v) is 7.57. The van der Waals surface area contributed by atoms with Gasteiger partial charge >= 0.3 is 6.72 Å². The van der Waals surface area contributed by atoms with Crippen molar-refractivity contribution in [1.82, 2.24) is 0 Å². The second kappa shape index (κ2) is 7.01. The second-order valence-corrected chi connectivity index (χ2v) is 5.96. The van der Waals surface area contributed by atoms with Crippen LogP contribution in [0, 0.1) is 0 Å². The zero-order valence-electron chi connectivity index (χ0n) is 9.60. The largest absolute Gasteiger partial charge is 0.432 e. The molecule has 0 saturated carbocycles. The molecule has 0 amide bonds. The molecule has 0 aliphatic heterocycles. The summed E-state index contributed by atoms with van der Waals surface area (Å²) in [6, 6.07) is 17.8. The minimum absolute atomic E-state index is 0. The molecule has 6 heteroatoms. The van der Waals surface area contributed by atoms with Gasteiger partial charge in [-0.25, -0.2) is 0 Å². The topological polar surface area (TPSA) is 38.7 Å². The molecule has 0 unspecified atom stereocenters. The fourth-order valence-electron chi connectivity index (χ4n) is 1.25. The quantitative estimate of drug-likeness (QED) is 0.689. The van der Waals surface area contributed by atoms with Crippen LogP contribution in [0.5, 0.6) is 11.5 Å². The Kier molecular flexibility index (Phi) is 5.97. The summed E-state index contributed by atoms with van der Waals surface area (Å²) >= 11 is 4.93. The van der Waals surface area contributed by atoms with E-state index in [-0.39, 0.29) is 19.5 Å². The van der Waals surface area contributed by atoms with E-state index in [4.69, 9.17) is 20.9 Å². The molecule has 1 N–H and O–H groups in total. The summed E-state index contributed by atoms with van der Waals surface area (Å²) in [5.41, 5.74) is 0. The molecule has 0 saturated heterocycles. The Labute approximate surface area is 124 Å². The maximum absolute atomic E-state index is 9.90. The molecule has 0 aliphatic carbocycles. The summed E-state index contributed by atoms with van der Waals surface area (Å²) in [6.45, 7) is -3.30. The van der Waals surface area contributed by atoms with E-state index in [1.54, 1.807) is 48.5 Å². The Bertz CT molecular complexity index is 476. The molecule has 3 nitrogen and oxygen atoms in total. The molecule has 18 heavy (non-hydrogen) atoms. The molecule has 90 valence electrons. The van der Waals surface area contributed by atoms with Crippen molar-refractivity contribution in [2.45, 2.75) is 0 Å². The third kappa shape index (κ3) is 4.87. The van der Waals surface area contributed by atoms with E-state index < -0.39 is 6.72 Å². The normalized spacial score (nSPS) is 10.3. The fourth-order valence-corrected chi connectivity index (χ4v) is 2.58. The molecule has 0 atom stereocenters. The van der Waals surface area contributed by atoms with Gasteiger partial charge in [-0.05, 0) is 24.3 Å². The maximum Gasteiger partial charge on any atom is 0.432 e. The van der Waals surface area contributed by atoms with Crippen molar-refractivity contribution in [2.24, 2.45) is 0 Å². The van der Waals surface area contributed by atoms with Crippen LogP contribution < -0.4 is 9.05 Å². The Morgan fingerprint density at radius 3 is 1.44 bits per heavy atom. The number of benzene rings is 2. The van der Waals surface area contributed by atoms with Crippen molar-refractivity contribution in [2.75, 3.05) is 0 Å². The van der Waals surface area contributed by atoms with Crippen LogP contribution in [0.2, 0.25) is 0 Å². The van der Waals surface area contributed by atoms with Crippen molar-refractivity contribution < 1.29 is 33.4 Å². The predicted molar refractivity (Wildman–Crippen MR) is 70.6 cm³/mol. The molecule has 2 aromatic rings. The average Bonchev–Trinajstić information content (AvgIpc) is 2.30. The Balaban J connectivity index is 0.00000162. The van der Waals surface area contributed by atoms with E-state index in [0.29, 0.717) is 11.5 Å². The molecule has 0 aliphatic rings. The summed E-state index contributed by atoms with van der Waals surface area (Å²) in [5, 5.41) is 0. The van der Waals surface area contributed by atoms with Gasteiger partial charge in [-0.1, -0.05) is 36.4 Å². The van der Waals surface area contributed by atoms with Gasteiger partial charge in [0.2, 0.25) is 0 Å². The third-order valence-corrected chi connectivity index (χ3v) is 3.26. The van der Waals surface area contributed by atoms with Gasteiger partial charge in [0.05, 0.1) is 0 Å². The van der Waals surface area contributed by atoms with E-state index in [1.165, 1.54) is 0 Å². The van der Waals surface area contributed by atoms with Crippen LogP contribution in [0.3, 0.4) is 0 Å². The number of para-hydroxylation sites is 2. The molecule has 2 aromatic carbocycles. The number of hydrogen-bond acceptors (Lipinski definition) is 3. The van der Waals surface area contributed by atoms with Crippen molar-refractivity contribution in [1.29, 1.82) is 0 Å².